The maximum Gasteiger partial charge on any atom is 0.0991 e. The second kappa shape index (κ2) is 12.2. The van der Waals surface area contributed by atoms with E-state index in [0.717, 1.165) is 30.7 Å². The molecule has 0 aliphatic carbocycles. The fraction of sp³-hybridized carbons (Fsp3) is 0.400. The molecule has 0 N–H and O–H groups in total. The number of nitriles is 1. The number of nitrogens with zero attached hydrogens (tertiary/aromatic N) is 2. The topological polar surface area (TPSA) is 36.1 Å². The Morgan fingerprint density at radius 3 is 2.47 bits per heavy atom. The van der Waals surface area contributed by atoms with Crippen LogP contribution < -0.4 is 0 Å². The first kappa shape index (κ1) is 25.3. The van der Waals surface area contributed by atoms with Gasteiger partial charge in [-0.15, -0.1) is 0 Å². The second-order valence-corrected chi connectivity index (χ2v) is 9.26. The van der Waals surface area contributed by atoms with Crippen LogP contribution >= 0.6 is 0 Å². The van der Waals surface area contributed by atoms with Crippen molar-refractivity contribution in [2.24, 2.45) is 10.9 Å². The van der Waals surface area contributed by atoms with Gasteiger partial charge in [-0.05, 0) is 99.8 Å². The third kappa shape index (κ3) is 7.65. The molecule has 0 spiro atoms. The van der Waals surface area contributed by atoms with Crippen molar-refractivity contribution >= 4 is 5.71 Å². The first-order chi connectivity index (χ1) is 15.2. The van der Waals surface area contributed by atoms with Gasteiger partial charge in [0.1, 0.15) is 0 Å². The fourth-order valence-corrected chi connectivity index (χ4v) is 3.80. The molecule has 0 radical (unpaired) electrons. The van der Waals surface area contributed by atoms with Crippen molar-refractivity contribution in [1.82, 2.24) is 0 Å². The van der Waals surface area contributed by atoms with E-state index in [2.05, 4.69) is 90.9 Å². The molecule has 0 aliphatic heterocycles. The van der Waals surface area contributed by atoms with Gasteiger partial charge in [-0.1, -0.05) is 62.2 Å². The van der Waals surface area contributed by atoms with Gasteiger partial charge in [0, 0.05) is 11.4 Å². The highest BCUT2D eigenvalue weighted by molar-refractivity contribution is 5.94. The normalized spacial score (nSPS) is 13.2. The predicted molar refractivity (Wildman–Crippen MR) is 139 cm³/mol. The van der Waals surface area contributed by atoms with Gasteiger partial charge in [-0.2, -0.15) is 5.26 Å². The van der Waals surface area contributed by atoms with E-state index in [1.165, 1.54) is 39.8 Å². The smallest absolute Gasteiger partial charge is 0.0991 e. The van der Waals surface area contributed by atoms with Crippen molar-refractivity contribution < 1.29 is 0 Å². The minimum Gasteiger partial charge on any atom is -0.259 e. The first-order valence-electron chi connectivity index (χ1n) is 11.7. The molecule has 0 fully saturated rings. The third-order valence-electron chi connectivity index (χ3n) is 5.90. The highest BCUT2D eigenvalue weighted by Gasteiger charge is 2.09. The van der Waals surface area contributed by atoms with E-state index in [1.54, 1.807) is 0 Å². The number of hydrogen-bond acceptors (Lipinski definition) is 2. The van der Waals surface area contributed by atoms with E-state index >= 15 is 0 Å². The number of hydrogen-bond donors (Lipinski definition) is 0. The van der Waals surface area contributed by atoms with Crippen LogP contribution in [0, 0.1) is 17.2 Å². The van der Waals surface area contributed by atoms with Gasteiger partial charge >= 0.3 is 0 Å². The lowest BCUT2D eigenvalue weighted by atomic mass is 9.91. The van der Waals surface area contributed by atoms with Crippen LogP contribution in [-0.4, -0.2) is 5.71 Å². The summed E-state index contributed by atoms with van der Waals surface area (Å²) in [5, 5.41) is 9.45. The SMILES string of the molecule is CC/C(C)=C(C)/N=C(C)/C=C(\C)Cc1cc(C#N)ccc1-c1cccc(CCC(C)C)c1. The van der Waals surface area contributed by atoms with Crippen LogP contribution in [0.5, 0.6) is 0 Å². The van der Waals surface area contributed by atoms with Crippen molar-refractivity contribution in [1.29, 1.82) is 5.26 Å². The molecule has 32 heavy (non-hydrogen) atoms. The Balaban J connectivity index is 2.38. The number of aryl methyl sites for hydroxylation is 1. The molecule has 0 unspecified atom stereocenters. The second-order valence-electron chi connectivity index (χ2n) is 9.26. The standard InChI is InChI=1S/C30H38N2/c1-8-23(5)25(7)32-24(6)16-22(4)17-29-19-27(20-31)14-15-30(29)28-11-9-10-26(18-28)13-12-21(2)3/h9-11,14-16,18-19,21H,8,12-13,17H2,1-7H3/b22-16+,25-23+,32-24+. The maximum atomic E-state index is 9.45. The zero-order valence-corrected chi connectivity index (χ0v) is 20.9. The van der Waals surface area contributed by atoms with Crippen LogP contribution in [0.1, 0.15) is 78.0 Å². The summed E-state index contributed by atoms with van der Waals surface area (Å²) in [5.41, 5.74) is 10.4. The van der Waals surface area contributed by atoms with E-state index in [9.17, 15) is 5.26 Å². The number of benzene rings is 2. The Labute approximate surface area is 195 Å². The predicted octanol–water partition coefficient (Wildman–Crippen LogP) is 8.47. The molecule has 0 aromatic heterocycles. The quantitative estimate of drug-likeness (QED) is 0.370. The molecule has 0 aliphatic rings. The van der Waals surface area contributed by atoms with Crippen LogP contribution in [0.2, 0.25) is 0 Å². The molecule has 2 aromatic rings. The minimum atomic E-state index is 0.696. The summed E-state index contributed by atoms with van der Waals surface area (Å²) in [6, 6.07) is 17.2. The van der Waals surface area contributed by atoms with Crippen molar-refractivity contribution in [3.8, 4) is 17.2 Å². The van der Waals surface area contributed by atoms with Gasteiger partial charge in [0.15, 0.2) is 0 Å². The van der Waals surface area contributed by atoms with Gasteiger partial charge < -0.3 is 0 Å². The Hall–Kier alpha value is -2.92. The molecule has 0 bridgehead atoms. The molecule has 2 nitrogen and oxygen atoms in total. The van der Waals surface area contributed by atoms with Crippen molar-refractivity contribution in [2.75, 3.05) is 0 Å². The summed E-state index contributed by atoms with van der Waals surface area (Å²) < 4.78 is 0. The average molecular weight is 427 g/mol. The highest BCUT2D eigenvalue weighted by Crippen LogP contribution is 2.28. The molecule has 0 saturated heterocycles. The van der Waals surface area contributed by atoms with Crippen molar-refractivity contribution in [3.05, 3.63) is 82.1 Å². The molecule has 2 heteroatoms. The van der Waals surface area contributed by atoms with E-state index in [1.807, 2.05) is 12.1 Å². The largest absolute Gasteiger partial charge is 0.259 e. The lowest BCUT2D eigenvalue weighted by Gasteiger charge is -2.13. The average Bonchev–Trinajstić information content (AvgIpc) is 2.76. The molecular formula is C30H38N2. The van der Waals surface area contributed by atoms with Crippen LogP contribution in [0.3, 0.4) is 0 Å². The van der Waals surface area contributed by atoms with E-state index in [-0.39, 0.29) is 0 Å². The Morgan fingerprint density at radius 2 is 1.81 bits per heavy atom. The first-order valence-corrected chi connectivity index (χ1v) is 11.7. The molecule has 168 valence electrons. The Morgan fingerprint density at radius 1 is 1.06 bits per heavy atom. The summed E-state index contributed by atoms with van der Waals surface area (Å²) in [7, 11) is 0. The monoisotopic (exact) mass is 426 g/mol. The summed E-state index contributed by atoms with van der Waals surface area (Å²) in [6.45, 7) is 15.1. The molecule has 2 rings (SSSR count). The lowest BCUT2D eigenvalue weighted by Crippen LogP contribution is -1.97. The lowest BCUT2D eigenvalue weighted by molar-refractivity contribution is 0.587. The molecule has 0 heterocycles. The van der Waals surface area contributed by atoms with Crippen LogP contribution in [0.25, 0.3) is 11.1 Å². The van der Waals surface area contributed by atoms with Crippen molar-refractivity contribution in [3.63, 3.8) is 0 Å². The molecule has 0 atom stereocenters. The van der Waals surface area contributed by atoms with Crippen LogP contribution in [-0.2, 0) is 12.8 Å². The fourth-order valence-electron chi connectivity index (χ4n) is 3.80. The Kier molecular flexibility index (Phi) is 9.66. The maximum absolute atomic E-state index is 9.45. The Bertz CT molecular complexity index is 1060. The zero-order valence-electron chi connectivity index (χ0n) is 20.9. The third-order valence-corrected chi connectivity index (χ3v) is 5.90. The van der Waals surface area contributed by atoms with Crippen LogP contribution in [0.4, 0.5) is 0 Å². The number of rotatable bonds is 9. The number of allylic oxidation sites excluding steroid dienone is 4. The zero-order chi connectivity index (χ0) is 23.7. The molecule has 2 aromatic carbocycles. The summed E-state index contributed by atoms with van der Waals surface area (Å²) in [5.74, 6) is 0.696. The van der Waals surface area contributed by atoms with Gasteiger partial charge in [-0.25, -0.2) is 0 Å². The molecule has 0 amide bonds. The number of aliphatic imine (C=N–C) groups is 1. The molecule has 0 saturated carbocycles. The van der Waals surface area contributed by atoms with Gasteiger partial charge in [-0.3, -0.25) is 4.99 Å². The van der Waals surface area contributed by atoms with Crippen LogP contribution in [0.15, 0.2) is 70.4 Å². The van der Waals surface area contributed by atoms with E-state index < -0.39 is 0 Å². The van der Waals surface area contributed by atoms with Crippen molar-refractivity contribution in [2.45, 2.75) is 74.1 Å². The van der Waals surface area contributed by atoms with Gasteiger partial charge in [0.05, 0.1) is 11.6 Å². The summed E-state index contributed by atoms with van der Waals surface area (Å²) in [6.07, 6.45) is 6.26. The van der Waals surface area contributed by atoms with Gasteiger partial charge in [0.2, 0.25) is 0 Å². The van der Waals surface area contributed by atoms with E-state index in [0.29, 0.717) is 11.5 Å². The summed E-state index contributed by atoms with van der Waals surface area (Å²) in [4.78, 5) is 4.76. The molecular weight excluding hydrogens is 388 g/mol. The van der Waals surface area contributed by atoms with E-state index in [4.69, 9.17) is 4.99 Å². The highest BCUT2D eigenvalue weighted by atomic mass is 14.7. The minimum absolute atomic E-state index is 0.696. The van der Waals surface area contributed by atoms with Gasteiger partial charge in [0.25, 0.3) is 0 Å². The summed E-state index contributed by atoms with van der Waals surface area (Å²) >= 11 is 0.